The van der Waals surface area contributed by atoms with Crippen molar-refractivity contribution in [1.29, 1.82) is 0 Å². The van der Waals surface area contributed by atoms with Crippen LogP contribution in [0.15, 0.2) is 30.3 Å². The normalized spacial score (nSPS) is 20.6. The Bertz CT molecular complexity index is 366. The molecule has 0 unspecified atom stereocenters. The van der Waals surface area contributed by atoms with Gasteiger partial charge >= 0.3 is 0 Å². The van der Waals surface area contributed by atoms with Crippen molar-refractivity contribution in [3.63, 3.8) is 0 Å². The van der Waals surface area contributed by atoms with Gasteiger partial charge in [0.05, 0.1) is 19.3 Å². The first kappa shape index (κ1) is 12.1. The summed E-state index contributed by atoms with van der Waals surface area (Å²) in [6.45, 7) is 1.87. The third-order valence-electron chi connectivity index (χ3n) is 2.76. The lowest BCUT2D eigenvalue weighted by Gasteiger charge is -2.29. The number of carbonyl (C=O) groups is 1. The lowest BCUT2D eigenvalue weighted by molar-refractivity contribution is -0.150. The molecule has 0 radical (unpaired) electrons. The number of benzene rings is 1. The van der Waals surface area contributed by atoms with E-state index in [2.05, 4.69) is 0 Å². The molecule has 17 heavy (non-hydrogen) atoms. The summed E-state index contributed by atoms with van der Waals surface area (Å²) in [4.78, 5) is 12.9. The van der Waals surface area contributed by atoms with Crippen molar-refractivity contribution in [2.45, 2.75) is 12.7 Å². The summed E-state index contributed by atoms with van der Waals surface area (Å²) in [5, 5.41) is 0. The Balaban J connectivity index is 1.71. The third-order valence-corrected chi connectivity index (χ3v) is 2.76. The summed E-state index contributed by atoms with van der Waals surface area (Å²) in [5.41, 5.74) is 1.15. The molecule has 1 heterocycles. The van der Waals surface area contributed by atoms with Crippen molar-refractivity contribution >= 4 is 5.91 Å². The predicted octanol–water partition coefficient (Wildman–Crippen LogP) is 1.06. The van der Waals surface area contributed by atoms with Crippen molar-refractivity contribution in [3.05, 3.63) is 35.9 Å². The van der Waals surface area contributed by atoms with E-state index in [0.717, 1.165) is 5.56 Å². The molecule has 1 aromatic carbocycles. The Morgan fingerprint density at radius 1 is 1.41 bits per heavy atom. The molecule has 0 bridgehead atoms. The van der Waals surface area contributed by atoms with E-state index in [4.69, 9.17) is 9.47 Å². The van der Waals surface area contributed by atoms with Crippen LogP contribution in [0.5, 0.6) is 0 Å². The Kier molecular flexibility index (Phi) is 4.12. The van der Waals surface area contributed by atoms with Crippen LogP contribution in [0.1, 0.15) is 5.56 Å². The molecule has 1 saturated heterocycles. The molecule has 92 valence electrons. The van der Waals surface area contributed by atoms with Gasteiger partial charge in [0, 0.05) is 13.6 Å². The van der Waals surface area contributed by atoms with Gasteiger partial charge < -0.3 is 14.4 Å². The largest absolute Gasteiger partial charge is 0.374 e. The number of carbonyl (C=O) groups excluding carboxylic acids is 1. The maximum atomic E-state index is 11.2. The van der Waals surface area contributed by atoms with E-state index in [0.29, 0.717) is 19.8 Å². The van der Waals surface area contributed by atoms with Gasteiger partial charge in [-0.1, -0.05) is 30.3 Å². The fourth-order valence-corrected chi connectivity index (χ4v) is 1.74. The standard InChI is InChI=1S/C13H17NO3/c1-14-7-12(17-10-13(14)15)9-16-8-11-5-3-2-4-6-11/h2-6,12H,7-10H2,1H3/t12-/m1/s1. The van der Waals surface area contributed by atoms with Gasteiger partial charge in [-0.15, -0.1) is 0 Å². The maximum absolute atomic E-state index is 11.2. The van der Waals surface area contributed by atoms with E-state index in [-0.39, 0.29) is 18.6 Å². The van der Waals surface area contributed by atoms with Crippen LogP contribution in [0.2, 0.25) is 0 Å². The minimum Gasteiger partial charge on any atom is -0.374 e. The highest BCUT2D eigenvalue weighted by atomic mass is 16.5. The quantitative estimate of drug-likeness (QED) is 0.783. The fraction of sp³-hybridized carbons (Fsp3) is 0.462. The van der Waals surface area contributed by atoms with Gasteiger partial charge in [-0.3, -0.25) is 4.79 Å². The van der Waals surface area contributed by atoms with Crippen LogP contribution in [0.25, 0.3) is 0 Å². The number of amides is 1. The van der Waals surface area contributed by atoms with E-state index in [1.54, 1.807) is 11.9 Å². The summed E-state index contributed by atoms with van der Waals surface area (Å²) < 4.78 is 11.0. The van der Waals surface area contributed by atoms with Gasteiger partial charge in [-0.2, -0.15) is 0 Å². The summed E-state index contributed by atoms with van der Waals surface area (Å²) in [6.07, 6.45) is -0.0126. The number of ether oxygens (including phenoxy) is 2. The number of hydrogen-bond acceptors (Lipinski definition) is 3. The first-order valence-corrected chi connectivity index (χ1v) is 5.73. The molecule has 1 aliphatic rings. The number of rotatable bonds is 4. The summed E-state index contributed by atoms with van der Waals surface area (Å²) in [7, 11) is 1.79. The van der Waals surface area contributed by atoms with Gasteiger partial charge in [-0.25, -0.2) is 0 Å². The number of nitrogens with zero attached hydrogens (tertiary/aromatic N) is 1. The molecule has 1 atom stereocenters. The highest BCUT2D eigenvalue weighted by Gasteiger charge is 2.23. The Labute approximate surface area is 101 Å². The van der Waals surface area contributed by atoms with Crippen molar-refractivity contribution in [3.8, 4) is 0 Å². The monoisotopic (exact) mass is 235 g/mol. The third kappa shape index (κ3) is 3.54. The number of morpholine rings is 1. The molecule has 0 aliphatic carbocycles. The second kappa shape index (κ2) is 5.80. The Hall–Kier alpha value is -1.39. The second-order valence-electron chi connectivity index (χ2n) is 4.21. The van der Waals surface area contributed by atoms with Crippen LogP contribution >= 0.6 is 0 Å². The fourth-order valence-electron chi connectivity index (χ4n) is 1.74. The van der Waals surface area contributed by atoms with Gasteiger partial charge in [0.15, 0.2) is 0 Å². The second-order valence-corrected chi connectivity index (χ2v) is 4.21. The highest BCUT2D eigenvalue weighted by Crippen LogP contribution is 2.06. The number of hydrogen-bond donors (Lipinski definition) is 0. The minimum absolute atomic E-state index is 0.0126. The van der Waals surface area contributed by atoms with Crippen LogP contribution in [-0.2, 0) is 20.9 Å². The predicted molar refractivity (Wildman–Crippen MR) is 63.5 cm³/mol. The molecular formula is C13H17NO3. The molecule has 1 aromatic rings. The van der Waals surface area contributed by atoms with E-state index in [9.17, 15) is 4.79 Å². The minimum atomic E-state index is -0.0126. The summed E-state index contributed by atoms with van der Waals surface area (Å²) in [5.74, 6) is 0.0318. The molecule has 1 amide bonds. The summed E-state index contributed by atoms with van der Waals surface area (Å²) >= 11 is 0. The topological polar surface area (TPSA) is 38.8 Å². The zero-order valence-electron chi connectivity index (χ0n) is 9.96. The van der Waals surface area contributed by atoms with E-state index >= 15 is 0 Å². The van der Waals surface area contributed by atoms with Crippen LogP contribution in [0.3, 0.4) is 0 Å². The number of likely N-dealkylation sites (N-methyl/N-ethyl adjacent to an activating group) is 1. The molecule has 1 aliphatic heterocycles. The Morgan fingerprint density at radius 3 is 2.88 bits per heavy atom. The zero-order valence-corrected chi connectivity index (χ0v) is 9.96. The van der Waals surface area contributed by atoms with Crippen molar-refractivity contribution in [2.75, 3.05) is 26.8 Å². The Morgan fingerprint density at radius 2 is 2.18 bits per heavy atom. The SMILES string of the molecule is CN1C[C@H](COCc2ccccc2)OCC1=O. The van der Waals surface area contributed by atoms with Crippen molar-refractivity contribution in [2.24, 2.45) is 0 Å². The molecule has 0 aromatic heterocycles. The first-order valence-electron chi connectivity index (χ1n) is 5.73. The van der Waals surface area contributed by atoms with Crippen molar-refractivity contribution in [1.82, 2.24) is 4.90 Å². The molecule has 0 saturated carbocycles. The van der Waals surface area contributed by atoms with Crippen LogP contribution in [0.4, 0.5) is 0 Å². The smallest absolute Gasteiger partial charge is 0.248 e. The average Bonchev–Trinajstić information content (AvgIpc) is 2.35. The molecule has 2 rings (SSSR count). The molecule has 4 nitrogen and oxygen atoms in total. The maximum Gasteiger partial charge on any atom is 0.248 e. The van der Waals surface area contributed by atoms with Crippen molar-refractivity contribution < 1.29 is 14.3 Å². The molecular weight excluding hydrogens is 218 g/mol. The molecule has 4 heteroatoms. The van der Waals surface area contributed by atoms with E-state index < -0.39 is 0 Å². The molecule has 0 N–H and O–H groups in total. The molecule has 0 spiro atoms. The van der Waals surface area contributed by atoms with Crippen LogP contribution in [0, 0.1) is 0 Å². The zero-order chi connectivity index (χ0) is 12.1. The van der Waals surface area contributed by atoms with Crippen LogP contribution < -0.4 is 0 Å². The average molecular weight is 235 g/mol. The van der Waals surface area contributed by atoms with Crippen LogP contribution in [-0.4, -0.2) is 43.7 Å². The highest BCUT2D eigenvalue weighted by molar-refractivity contribution is 5.77. The first-order chi connectivity index (χ1) is 8.25. The van der Waals surface area contributed by atoms with Gasteiger partial charge in [-0.05, 0) is 5.56 Å². The molecule has 1 fully saturated rings. The lowest BCUT2D eigenvalue weighted by Crippen LogP contribution is -2.46. The van der Waals surface area contributed by atoms with Gasteiger partial charge in [0.2, 0.25) is 5.91 Å². The van der Waals surface area contributed by atoms with Gasteiger partial charge in [0.1, 0.15) is 6.61 Å². The summed E-state index contributed by atoms with van der Waals surface area (Å²) in [6, 6.07) is 10.0. The van der Waals surface area contributed by atoms with E-state index in [1.807, 2.05) is 30.3 Å². The van der Waals surface area contributed by atoms with E-state index in [1.165, 1.54) is 0 Å². The van der Waals surface area contributed by atoms with Gasteiger partial charge in [0.25, 0.3) is 0 Å². The lowest BCUT2D eigenvalue weighted by atomic mass is 10.2.